The minimum Gasteiger partial charge on any atom is -0.355 e. The van der Waals surface area contributed by atoms with Crippen molar-refractivity contribution in [3.63, 3.8) is 0 Å². The second kappa shape index (κ2) is 8.06. The molecule has 6 heteroatoms. The Hall–Kier alpha value is -0.100. The Morgan fingerprint density at radius 2 is 2.31 bits per heavy atom. The summed E-state index contributed by atoms with van der Waals surface area (Å²) in [6, 6.07) is 4.08. The predicted octanol–water partition coefficient (Wildman–Crippen LogP) is 2.19. The Balaban J connectivity index is 0.00000225. The summed E-state index contributed by atoms with van der Waals surface area (Å²) in [5.41, 5.74) is 5.39. The van der Waals surface area contributed by atoms with Gasteiger partial charge in [-0.1, -0.05) is 6.92 Å². The SMILES string of the molecule is CC(CN)C(=O)NCCc1ccc(Br)s1.Cl. The summed E-state index contributed by atoms with van der Waals surface area (Å²) in [6.07, 6.45) is 0.874. The van der Waals surface area contributed by atoms with Crippen LogP contribution in [-0.2, 0) is 11.2 Å². The molecule has 1 aromatic heterocycles. The number of rotatable bonds is 5. The van der Waals surface area contributed by atoms with Crippen molar-refractivity contribution in [3.8, 4) is 0 Å². The first kappa shape index (κ1) is 15.9. The molecule has 1 atom stereocenters. The van der Waals surface area contributed by atoms with Crippen molar-refractivity contribution in [2.24, 2.45) is 11.7 Å². The van der Waals surface area contributed by atoms with Crippen LogP contribution >= 0.6 is 39.7 Å². The fourth-order valence-corrected chi connectivity index (χ4v) is 2.56. The van der Waals surface area contributed by atoms with Gasteiger partial charge in [0.1, 0.15) is 0 Å². The highest BCUT2D eigenvalue weighted by Gasteiger charge is 2.09. The number of hydrogen-bond acceptors (Lipinski definition) is 3. The zero-order valence-electron chi connectivity index (χ0n) is 9.03. The normalized spacial score (nSPS) is 11.7. The van der Waals surface area contributed by atoms with E-state index in [4.69, 9.17) is 5.73 Å². The minimum absolute atomic E-state index is 0. The summed E-state index contributed by atoms with van der Waals surface area (Å²) in [5, 5.41) is 2.86. The molecule has 0 fully saturated rings. The van der Waals surface area contributed by atoms with Crippen LogP contribution in [0.4, 0.5) is 0 Å². The van der Waals surface area contributed by atoms with E-state index in [1.165, 1.54) is 4.88 Å². The summed E-state index contributed by atoms with van der Waals surface area (Å²) >= 11 is 5.10. The molecule has 92 valence electrons. The van der Waals surface area contributed by atoms with E-state index in [1.54, 1.807) is 11.3 Å². The summed E-state index contributed by atoms with van der Waals surface area (Å²) in [7, 11) is 0. The van der Waals surface area contributed by atoms with Crippen molar-refractivity contribution in [2.45, 2.75) is 13.3 Å². The number of halogens is 2. The number of nitrogens with one attached hydrogen (secondary N) is 1. The molecule has 0 aromatic carbocycles. The molecule has 16 heavy (non-hydrogen) atoms. The molecular weight excluding hydrogens is 312 g/mol. The van der Waals surface area contributed by atoms with E-state index >= 15 is 0 Å². The number of hydrogen-bond donors (Lipinski definition) is 2. The molecule has 1 unspecified atom stereocenters. The average Bonchev–Trinajstić information content (AvgIpc) is 2.63. The molecule has 0 saturated heterocycles. The Bertz CT molecular complexity index is 332. The van der Waals surface area contributed by atoms with Crippen LogP contribution < -0.4 is 11.1 Å². The highest BCUT2D eigenvalue weighted by molar-refractivity contribution is 9.11. The summed E-state index contributed by atoms with van der Waals surface area (Å²) < 4.78 is 1.12. The zero-order valence-corrected chi connectivity index (χ0v) is 12.3. The van der Waals surface area contributed by atoms with Crippen molar-refractivity contribution in [1.82, 2.24) is 5.32 Å². The van der Waals surface area contributed by atoms with E-state index in [9.17, 15) is 4.79 Å². The van der Waals surface area contributed by atoms with Gasteiger partial charge < -0.3 is 11.1 Å². The first-order valence-electron chi connectivity index (χ1n) is 4.85. The van der Waals surface area contributed by atoms with E-state index in [0.29, 0.717) is 13.1 Å². The number of carbonyl (C=O) groups is 1. The monoisotopic (exact) mass is 326 g/mol. The number of nitrogens with two attached hydrogens (primary N) is 1. The number of amides is 1. The van der Waals surface area contributed by atoms with Crippen LogP contribution in [0.3, 0.4) is 0 Å². The highest BCUT2D eigenvalue weighted by atomic mass is 79.9. The third-order valence-corrected chi connectivity index (χ3v) is 3.78. The van der Waals surface area contributed by atoms with E-state index in [2.05, 4.69) is 27.3 Å². The average molecular weight is 328 g/mol. The maximum Gasteiger partial charge on any atom is 0.224 e. The van der Waals surface area contributed by atoms with Crippen molar-refractivity contribution < 1.29 is 4.79 Å². The second-order valence-electron chi connectivity index (χ2n) is 3.38. The topological polar surface area (TPSA) is 55.1 Å². The lowest BCUT2D eigenvalue weighted by Crippen LogP contribution is -2.34. The second-order valence-corrected chi connectivity index (χ2v) is 5.93. The molecule has 3 N–H and O–H groups in total. The van der Waals surface area contributed by atoms with Gasteiger partial charge in [-0.2, -0.15) is 0 Å². The predicted molar refractivity (Wildman–Crippen MR) is 74.2 cm³/mol. The molecule has 0 spiro atoms. The molecule has 1 amide bonds. The fourth-order valence-electron chi connectivity index (χ4n) is 1.08. The van der Waals surface area contributed by atoms with Crippen molar-refractivity contribution in [2.75, 3.05) is 13.1 Å². The Morgan fingerprint density at radius 1 is 1.62 bits per heavy atom. The van der Waals surface area contributed by atoms with Gasteiger partial charge in [-0.3, -0.25) is 4.79 Å². The van der Waals surface area contributed by atoms with Crippen molar-refractivity contribution in [3.05, 3.63) is 20.8 Å². The van der Waals surface area contributed by atoms with Gasteiger partial charge in [-0.25, -0.2) is 0 Å². The van der Waals surface area contributed by atoms with Crippen LogP contribution in [0.2, 0.25) is 0 Å². The Kier molecular flexibility index (Phi) is 8.01. The van der Waals surface area contributed by atoms with Crippen LogP contribution in [0, 0.1) is 5.92 Å². The molecule has 0 aliphatic rings. The van der Waals surface area contributed by atoms with Gasteiger partial charge in [0.2, 0.25) is 5.91 Å². The van der Waals surface area contributed by atoms with E-state index < -0.39 is 0 Å². The highest BCUT2D eigenvalue weighted by Crippen LogP contribution is 2.21. The van der Waals surface area contributed by atoms with Crippen molar-refractivity contribution >= 4 is 45.6 Å². The molecule has 0 aliphatic carbocycles. The van der Waals surface area contributed by atoms with Crippen LogP contribution in [0.25, 0.3) is 0 Å². The summed E-state index contributed by atoms with van der Waals surface area (Å²) in [4.78, 5) is 12.6. The third-order valence-electron chi connectivity index (χ3n) is 2.10. The number of thiophene rings is 1. The lowest BCUT2D eigenvalue weighted by molar-refractivity contribution is -0.124. The van der Waals surface area contributed by atoms with Gasteiger partial charge in [0.05, 0.1) is 3.79 Å². The van der Waals surface area contributed by atoms with E-state index in [1.807, 2.05) is 13.0 Å². The molecule has 0 saturated carbocycles. The first-order valence-corrected chi connectivity index (χ1v) is 6.46. The first-order chi connectivity index (χ1) is 7.13. The van der Waals surface area contributed by atoms with Gasteiger partial charge in [0.15, 0.2) is 0 Å². The summed E-state index contributed by atoms with van der Waals surface area (Å²) in [5.74, 6) is -0.0619. The third kappa shape index (κ3) is 5.30. The molecular formula is C10H16BrClN2OS. The van der Waals surface area contributed by atoms with Gasteiger partial charge in [0, 0.05) is 23.9 Å². The largest absolute Gasteiger partial charge is 0.355 e. The van der Waals surface area contributed by atoms with Gasteiger partial charge in [0.25, 0.3) is 0 Å². The maximum absolute atomic E-state index is 11.4. The molecule has 3 nitrogen and oxygen atoms in total. The van der Waals surface area contributed by atoms with Crippen LogP contribution in [0.1, 0.15) is 11.8 Å². The van der Waals surface area contributed by atoms with Crippen LogP contribution in [0.15, 0.2) is 15.9 Å². The smallest absolute Gasteiger partial charge is 0.224 e. The minimum atomic E-state index is -0.0972. The Labute approximate surface area is 114 Å². The van der Waals surface area contributed by atoms with E-state index in [-0.39, 0.29) is 24.2 Å². The molecule has 0 bridgehead atoms. The van der Waals surface area contributed by atoms with Gasteiger partial charge >= 0.3 is 0 Å². The molecule has 1 heterocycles. The van der Waals surface area contributed by atoms with Gasteiger partial charge in [-0.05, 0) is 34.5 Å². The Morgan fingerprint density at radius 3 is 2.81 bits per heavy atom. The fraction of sp³-hybridized carbons (Fsp3) is 0.500. The van der Waals surface area contributed by atoms with Crippen molar-refractivity contribution in [1.29, 1.82) is 0 Å². The molecule has 1 rings (SSSR count). The standard InChI is InChI=1S/C10H15BrN2OS.ClH/c1-7(6-12)10(14)13-5-4-8-2-3-9(11)15-8;/h2-3,7H,4-6,12H2,1H3,(H,13,14);1H. The zero-order chi connectivity index (χ0) is 11.3. The molecule has 0 radical (unpaired) electrons. The molecule has 0 aliphatic heterocycles. The van der Waals surface area contributed by atoms with Crippen LogP contribution in [0.5, 0.6) is 0 Å². The van der Waals surface area contributed by atoms with Crippen LogP contribution in [-0.4, -0.2) is 19.0 Å². The maximum atomic E-state index is 11.4. The number of carbonyl (C=O) groups excluding carboxylic acids is 1. The van der Waals surface area contributed by atoms with E-state index in [0.717, 1.165) is 10.2 Å². The lowest BCUT2D eigenvalue weighted by atomic mass is 10.1. The van der Waals surface area contributed by atoms with Gasteiger partial charge in [-0.15, -0.1) is 23.7 Å². The lowest BCUT2D eigenvalue weighted by Gasteiger charge is -2.08. The quantitative estimate of drug-likeness (QED) is 0.871. The summed E-state index contributed by atoms with van der Waals surface area (Å²) in [6.45, 7) is 2.91. The molecule has 1 aromatic rings.